The Morgan fingerprint density at radius 2 is 2.03 bits per heavy atom. The number of nitrogens with zero attached hydrogens (tertiary/aromatic N) is 2. The molecule has 37 heavy (non-hydrogen) atoms. The Morgan fingerprint density at radius 3 is 2.65 bits per heavy atom. The maximum atomic E-state index is 14.0. The number of nitrogens with two attached hydrogens (primary N) is 2. The SMILES string of the molecule is COc1cccc(N(C(=O)c2snc(C(N)=O)c2N)[C@@H](C(=O)NC[C@H]2CCCO2)c2ccc(F)cc2)c1. The maximum absolute atomic E-state index is 14.0. The van der Waals surface area contributed by atoms with E-state index in [4.69, 9.17) is 20.9 Å². The van der Waals surface area contributed by atoms with Crippen molar-refractivity contribution in [2.45, 2.75) is 25.0 Å². The van der Waals surface area contributed by atoms with Crippen LogP contribution in [0, 0.1) is 5.82 Å². The normalized spacial score (nSPS) is 15.7. The summed E-state index contributed by atoms with van der Waals surface area (Å²) in [6, 6.07) is 10.6. The van der Waals surface area contributed by atoms with Crippen molar-refractivity contribution >= 4 is 40.6 Å². The Balaban J connectivity index is 1.82. The fourth-order valence-electron chi connectivity index (χ4n) is 4.06. The van der Waals surface area contributed by atoms with Gasteiger partial charge in [0.1, 0.15) is 22.5 Å². The average molecular weight is 528 g/mol. The molecule has 1 aliphatic rings. The van der Waals surface area contributed by atoms with Gasteiger partial charge in [0.25, 0.3) is 11.8 Å². The molecule has 0 radical (unpaired) electrons. The first-order valence-corrected chi connectivity index (χ1v) is 12.2. The number of rotatable bonds is 9. The van der Waals surface area contributed by atoms with Gasteiger partial charge in [-0.15, -0.1) is 0 Å². The second kappa shape index (κ2) is 11.4. The van der Waals surface area contributed by atoms with Crippen LogP contribution in [0.25, 0.3) is 0 Å². The van der Waals surface area contributed by atoms with Gasteiger partial charge in [-0.3, -0.25) is 19.3 Å². The van der Waals surface area contributed by atoms with Crippen molar-refractivity contribution in [1.29, 1.82) is 0 Å². The molecule has 0 unspecified atom stereocenters. The van der Waals surface area contributed by atoms with Gasteiger partial charge in [0.15, 0.2) is 5.69 Å². The number of methoxy groups -OCH3 is 1. The molecule has 2 atom stereocenters. The van der Waals surface area contributed by atoms with E-state index in [2.05, 4.69) is 9.69 Å². The summed E-state index contributed by atoms with van der Waals surface area (Å²) >= 11 is 0.696. The molecule has 10 nitrogen and oxygen atoms in total. The third-order valence-electron chi connectivity index (χ3n) is 5.93. The number of carbonyl (C=O) groups excluding carboxylic acids is 3. The van der Waals surface area contributed by atoms with Gasteiger partial charge in [-0.05, 0) is 54.2 Å². The molecule has 12 heteroatoms. The third-order valence-corrected chi connectivity index (χ3v) is 6.78. The Labute approximate surface area is 216 Å². The van der Waals surface area contributed by atoms with E-state index in [1.807, 2.05) is 0 Å². The van der Waals surface area contributed by atoms with E-state index in [1.165, 1.54) is 36.3 Å². The fourth-order valence-corrected chi connectivity index (χ4v) is 4.80. The quantitative estimate of drug-likeness (QED) is 0.387. The highest BCUT2D eigenvalue weighted by atomic mass is 32.1. The van der Waals surface area contributed by atoms with Gasteiger partial charge in [-0.2, -0.15) is 4.37 Å². The smallest absolute Gasteiger partial charge is 0.273 e. The second-order valence-corrected chi connectivity index (χ2v) is 9.12. The van der Waals surface area contributed by atoms with Crippen molar-refractivity contribution in [3.63, 3.8) is 0 Å². The standard InChI is InChI=1S/C25H26FN5O5S/c1-35-17-5-2-4-16(12-17)31(25(34)22-19(27)20(23(28)32)30-37-22)21(14-7-9-15(26)10-8-14)24(33)29-13-18-6-3-11-36-18/h2,4-5,7-10,12,18,21H,3,6,11,13,27H2,1H3,(H2,28,32)(H,29,33)/t18-,21-/m1/s1. The number of hydrogen-bond donors (Lipinski definition) is 3. The molecule has 194 valence electrons. The second-order valence-electron chi connectivity index (χ2n) is 8.35. The highest BCUT2D eigenvalue weighted by Gasteiger charge is 2.36. The van der Waals surface area contributed by atoms with E-state index in [0.29, 0.717) is 35.1 Å². The summed E-state index contributed by atoms with van der Waals surface area (Å²) in [5, 5.41) is 2.86. The number of halogens is 1. The molecule has 5 N–H and O–H groups in total. The minimum absolute atomic E-state index is 0.0735. The Morgan fingerprint density at radius 1 is 1.27 bits per heavy atom. The lowest BCUT2D eigenvalue weighted by molar-refractivity contribution is -0.123. The molecule has 2 heterocycles. The number of benzene rings is 2. The van der Waals surface area contributed by atoms with Gasteiger partial charge in [0.2, 0.25) is 5.91 Å². The molecule has 3 aromatic rings. The molecule has 0 bridgehead atoms. The third kappa shape index (κ3) is 5.70. The molecular formula is C25H26FN5O5S. The van der Waals surface area contributed by atoms with Gasteiger partial charge in [0, 0.05) is 24.9 Å². The number of hydrogen-bond acceptors (Lipinski definition) is 8. The molecule has 1 saturated heterocycles. The van der Waals surface area contributed by atoms with Gasteiger partial charge in [-0.25, -0.2) is 4.39 Å². The van der Waals surface area contributed by atoms with Gasteiger partial charge >= 0.3 is 0 Å². The zero-order valence-electron chi connectivity index (χ0n) is 20.0. The van der Waals surface area contributed by atoms with Crippen molar-refractivity contribution in [2.75, 3.05) is 30.9 Å². The predicted octanol–water partition coefficient (Wildman–Crippen LogP) is 2.66. The zero-order chi connectivity index (χ0) is 26.5. The van der Waals surface area contributed by atoms with Gasteiger partial charge in [-0.1, -0.05) is 18.2 Å². The zero-order valence-corrected chi connectivity index (χ0v) is 20.8. The number of anilines is 2. The number of ether oxygens (including phenoxy) is 2. The van der Waals surface area contributed by atoms with Crippen LogP contribution in [0.15, 0.2) is 48.5 Å². The first-order chi connectivity index (χ1) is 17.8. The molecule has 2 aromatic carbocycles. The van der Waals surface area contributed by atoms with Crippen molar-refractivity contribution in [3.05, 3.63) is 70.5 Å². The van der Waals surface area contributed by atoms with Crippen LogP contribution in [0.2, 0.25) is 0 Å². The number of nitrogen functional groups attached to an aromatic ring is 1. The largest absolute Gasteiger partial charge is 0.497 e. The molecule has 3 amide bonds. The van der Waals surface area contributed by atoms with Crippen LogP contribution in [0.1, 0.15) is 44.6 Å². The first kappa shape index (κ1) is 26.0. The van der Waals surface area contributed by atoms with Crippen LogP contribution in [0.4, 0.5) is 15.8 Å². The molecule has 0 aliphatic carbocycles. The van der Waals surface area contributed by atoms with Crippen LogP contribution in [0.3, 0.4) is 0 Å². The summed E-state index contributed by atoms with van der Waals surface area (Å²) in [6.45, 7) is 0.856. The molecule has 1 aromatic heterocycles. The molecule has 1 aliphatic heterocycles. The summed E-state index contributed by atoms with van der Waals surface area (Å²) in [5.74, 6) is -2.17. The van der Waals surface area contributed by atoms with Gasteiger partial charge in [0.05, 0.1) is 18.9 Å². The number of amides is 3. The molecular weight excluding hydrogens is 501 g/mol. The highest BCUT2D eigenvalue weighted by Crippen LogP contribution is 2.34. The predicted molar refractivity (Wildman–Crippen MR) is 136 cm³/mol. The monoisotopic (exact) mass is 527 g/mol. The number of aromatic nitrogens is 1. The summed E-state index contributed by atoms with van der Waals surface area (Å²) in [5.41, 5.74) is 11.6. The van der Waals surface area contributed by atoms with Crippen LogP contribution in [-0.4, -0.2) is 48.5 Å². The lowest BCUT2D eigenvalue weighted by Crippen LogP contribution is -2.45. The topological polar surface area (TPSA) is 150 Å². The number of nitrogens with one attached hydrogen (secondary N) is 1. The molecule has 0 spiro atoms. The number of primary amides is 1. The summed E-state index contributed by atoms with van der Waals surface area (Å²) in [7, 11) is 1.47. The lowest BCUT2D eigenvalue weighted by atomic mass is 10.0. The minimum atomic E-state index is -1.24. The van der Waals surface area contributed by atoms with Crippen LogP contribution < -0.4 is 26.4 Å². The van der Waals surface area contributed by atoms with Gasteiger partial charge < -0.3 is 26.3 Å². The van der Waals surface area contributed by atoms with E-state index < -0.39 is 29.6 Å². The van der Waals surface area contributed by atoms with Crippen LogP contribution in [0.5, 0.6) is 5.75 Å². The van der Waals surface area contributed by atoms with E-state index in [9.17, 15) is 18.8 Å². The maximum Gasteiger partial charge on any atom is 0.273 e. The highest BCUT2D eigenvalue weighted by molar-refractivity contribution is 7.09. The summed E-state index contributed by atoms with van der Waals surface area (Å²) in [6.07, 6.45) is 1.55. The summed E-state index contributed by atoms with van der Waals surface area (Å²) in [4.78, 5) is 40.5. The van der Waals surface area contributed by atoms with Crippen LogP contribution in [-0.2, 0) is 9.53 Å². The first-order valence-electron chi connectivity index (χ1n) is 11.5. The fraction of sp³-hybridized carbons (Fsp3) is 0.280. The van der Waals surface area contributed by atoms with E-state index in [1.54, 1.807) is 24.3 Å². The Kier molecular flexibility index (Phi) is 7.99. The lowest BCUT2D eigenvalue weighted by Gasteiger charge is -2.31. The molecule has 0 saturated carbocycles. The van der Waals surface area contributed by atoms with Crippen molar-refractivity contribution < 1.29 is 28.2 Å². The van der Waals surface area contributed by atoms with E-state index in [0.717, 1.165) is 12.8 Å². The minimum Gasteiger partial charge on any atom is -0.497 e. The Bertz CT molecular complexity index is 1290. The van der Waals surface area contributed by atoms with Crippen molar-refractivity contribution in [2.24, 2.45) is 5.73 Å². The summed E-state index contributed by atoms with van der Waals surface area (Å²) < 4.78 is 28.7. The van der Waals surface area contributed by atoms with Crippen molar-refractivity contribution in [1.82, 2.24) is 9.69 Å². The van der Waals surface area contributed by atoms with Crippen molar-refractivity contribution in [3.8, 4) is 5.75 Å². The average Bonchev–Trinajstić information content (AvgIpc) is 3.56. The van der Waals surface area contributed by atoms with E-state index >= 15 is 0 Å². The molecule has 4 rings (SSSR count). The Hall–Kier alpha value is -4.03. The molecule has 1 fully saturated rings. The van der Waals surface area contributed by atoms with E-state index in [-0.39, 0.29) is 28.9 Å². The van der Waals surface area contributed by atoms with Crippen LogP contribution >= 0.6 is 11.5 Å². The number of carbonyl (C=O) groups is 3.